The molecule has 0 atom stereocenters. The molecule has 0 spiro atoms. The van der Waals surface area contributed by atoms with Gasteiger partial charge in [0.1, 0.15) is 5.82 Å². The average Bonchev–Trinajstić information content (AvgIpc) is 2.92. The predicted molar refractivity (Wildman–Crippen MR) is 49.7 cm³/mol. The van der Waals surface area contributed by atoms with E-state index in [2.05, 4.69) is 26.7 Å². The van der Waals surface area contributed by atoms with Crippen molar-refractivity contribution in [3.63, 3.8) is 0 Å². The van der Waals surface area contributed by atoms with Crippen molar-refractivity contribution in [1.82, 2.24) is 14.6 Å². The van der Waals surface area contributed by atoms with E-state index in [1.54, 1.807) is 0 Å². The summed E-state index contributed by atoms with van der Waals surface area (Å²) in [5, 5.41) is 8.18. The first-order valence-corrected chi connectivity index (χ1v) is 4.67. The Hall–Kier alpha value is -1.38. The van der Waals surface area contributed by atoms with E-state index in [-0.39, 0.29) is 0 Å². The van der Waals surface area contributed by atoms with Crippen LogP contribution in [0.15, 0.2) is 18.2 Å². The van der Waals surface area contributed by atoms with Gasteiger partial charge in [-0.3, -0.25) is 4.40 Å². The third-order valence-corrected chi connectivity index (χ3v) is 2.62. The number of rotatable bonds is 1. The van der Waals surface area contributed by atoms with Crippen molar-refractivity contribution in [1.29, 1.82) is 0 Å². The van der Waals surface area contributed by atoms with E-state index in [1.807, 2.05) is 13.0 Å². The van der Waals surface area contributed by atoms with Crippen molar-refractivity contribution in [2.24, 2.45) is 0 Å². The topological polar surface area (TPSA) is 30.2 Å². The van der Waals surface area contributed by atoms with Gasteiger partial charge in [0.15, 0.2) is 5.65 Å². The molecule has 0 N–H and O–H groups in total. The quantitative estimate of drug-likeness (QED) is 0.659. The Bertz CT molecular complexity index is 454. The first-order valence-electron chi connectivity index (χ1n) is 4.67. The summed E-state index contributed by atoms with van der Waals surface area (Å²) in [6.45, 7) is 2.01. The summed E-state index contributed by atoms with van der Waals surface area (Å²) in [6, 6.07) is 6.25. The minimum atomic E-state index is 0.749. The highest BCUT2D eigenvalue weighted by molar-refractivity contribution is 5.41. The number of nitrogens with zero attached hydrogens (tertiary/aromatic N) is 3. The van der Waals surface area contributed by atoms with Gasteiger partial charge in [0, 0.05) is 5.69 Å². The standard InChI is InChI=1S/C10H11N3/c1-7-11-12-10-4-2-3-9(13(7)10)8-5-6-8/h2-4,8H,5-6H2,1H3. The van der Waals surface area contributed by atoms with Crippen LogP contribution in [-0.2, 0) is 0 Å². The molecule has 3 heteroatoms. The van der Waals surface area contributed by atoms with Crippen LogP contribution in [0.3, 0.4) is 0 Å². The van der Waals surface area contributed by atoms with Gasteiger partial charge in [0.25, 0.3) is 0 Å². The van der Waals surface area contributed by atoms with Crippen LogP contribution in [0.25, 0.3) is 5.65 Å². The van der Waals surface area contributed by atoms with Gasteiger partial charge in [0.05, 0.1) is 0 Å². The molecule has 0 saturated heterocycles. The molecule has 0 amide bonds. The molecule has 0 bridgehead atoms. The molecule has 2 aromatic rings. The lowest BCUT2D eigenvalue weighted by molar-refractivity contribution is 0.917. The zero-order chi connectivity index (χ0) is 8.84. The van der Waals surface area contributed by atoms with Crippen LogP contribution in [0.1, 0.15) is 30.3 Å². The Morgan fingerprint density at radius 1 is 1.31 bits per heavy atom. The normalized spacial score (nSPS) is 16.7. The highest BCUT2D eigenvalue weighted by Gasteiger charge is 2.26. The van der Waals surface area contributed by atoms with Gasteiger partial charge in [-0.2, -0.15) is 0 Å². The fourth-order valence-electron chi connectivity index (χ4n) is 1.81. The third-order valence-electron chi connectivity index (χ3n) is 2.62. The highest BCUT2D eigenvalue weighted by Crippen LogP contribution is 2.40. The van der Waals surface area contributed by atoms with Gasteiger partial charge in [-0.25, -0.2) is 0 Å². The van der Waals surface area contributed by atoms with Gasteiger partial charge in [-0.1, -0.05) is 6.07 Å². The van der Waals surface area contributed by atoms with Crippen LogP contribution < -0.4 is 0 Å². The molecule has 66 valence electrons. The summed E-state index contributed by atoms with van der Waals surface area (Å²) in [5.41, 5.74) is 2.35. The van der Waals surface area contributed by atoms with Crippen LogP contribution in [0.4, 0.5) is 0 Å². The lowest BCUT2D eigenvalue weighted by atomic mass is 10.2. The predicted octanol–water partition coefficient (Wildman–Crippen LogP) is 1.92. The summed E-state index contributed by atoms with van der Waals surface area (Å²) in [7, 11) is 0. The van der Waals surface area contributed by atoms with Crippen molar-refractivity contribution in [3.05, 3.63) is 29.7 Å². The zero-order valence-electron chi connectivity index (χ0n) is 7.57. The Kier molecular flexibility index (Phi) is 1.26. The average molecular weight is 173 g/mol. The highest BCUT2D eigenvalue weighted by atomic mass is 15.2. The zero-order valence-corrected chi connectivity index (χ0v) is 7.57. The van der Waals surface area contributed by atoms with E-state index in [9.17, 15) is 0 Å². The van der Waals surface area contributed by atoms with Crippen molar-refractivity contribution in [2.75, 3.05) is 0 Å². The molecule has 0 aromatic carbocycles. The molecule has 13 heavy (non-hydrogen) atoms. The second-order valence-electron chi connectivity index (χ2n) is 3.67. The summed E-state index contributed by atoms with van der Waals surface area (Å²) < 4.78 is 2.16. The van der Waals surface area contributed by atoms with E-state index in [0.29, 0.717) is 0 Å². The maximum Gasteiger partial charge on any atom is 0.160 e. The lowest BCUT2D eigenvalue weighted by Gasteiger charge is -2.02. The second-order valence-corrected chi connectivity index (χ2v) is 3.67. The molecule has 1 saturated carbocycles. The maximum atomic E-state index is 4.10. The summed E-state index contributed by atoms with van der Waals surface area (Å²) in [6.07, 6.45) is 2.63. The summed E-state index contributed by atoms with van der Waals surface area (Å²) in [5.74, 6) is 1.75. The van der Waals surface area contributed by atoms with E-state index in [1.165, 1.54) is 18.5 Å². The molecule has 2 aromatic heterocycles. The van der Waals surface area contributed by atoms with Gasteiger partial charge in [-0.15, -0.1) is 10.2 Å². The fraction of sp³-hybridized carbons (Fsp3) is 0.400. The molecule has 3 nitrogen and oxygen atoms in total. The minimum Gasteiger partial charge on any atom is -0.283 e. The minimum absolute atomic E-state index is 0.749. The van der Waals surface area contributed by atoms with Crippen LogP contribution in [-0.4, -0.2) is 14.6 Å². The van der Waals surface area contributed by atoms with Crippen molar-refractivity contribution >= 4 is 5.65 Å². The second kappa shape index (κ2) is 2.31. The summed E-state index contributed by atoms with van der Waals surface area (Å²) >= 11 is 0. The Morgan fingerprint density at radius 2 is 2.15 bits per heavy atom. The molecular weight excluding hydrogens is 162 g/mol. The molecule has 3 rings (SSSR count). The van der Waals surface area contributed by atoms with E-state index in [4.69, 9.17) is 0 Å². The van der Waals surface area contributed by atoms with Crippen LogP contribution >= 0.6 is 0 Å². The van der Waals surface area contributed by atoms with Crippen LogP contribution in [0.5, 0.6) is 0 Å². The van der Waals surface area contributed by atoms with E-state index >= 15 is 0 Å². The van der Waals surface area contributed by atoms with Crippen LogP contribution in [0.2, 0.25) is 0 Å². The van der Waals surface area contributed by atoms with Gasteiger partial charge in [-0.05, 0) is 37.8 Å². The third kappa shape index (κ3) is 0.963. The molecule has 0 unspecified atom stereocenters. The largest absolute Gasteiger partial charge is 0.283 e. The van der Waals surface area contributed by atoms with E-state index < -0.39 is 0 Å². The van der Waals surface area contributed by atoms with Crippen LogP contribution in [0, 0.1) is 6.92 Å². The maximum absolute atomic E-state index is 4.10. The first-order chi connectivity index (χ1) is 6.36. The fourth-order valence-corrected chi connectivity index (χ4v) is 1.81. The molecule has 1 aliphatic carbocycles. The SMILES string of the molecule is Cc1nnc2cccc(C3CC3)n12. The van der Waals surface area contributed by atoms with Gasteiger partial charge < -0.3 is 0 Å². The molecule has 2 heterocycles. The number of aromatic nitrogens is 3. The molecule has 0 radical (unpaired) electrons. The number of aryl methyl sites for hydroxylation is 1. The number of fused-ring (bicyclic) bond motifs is 1. The number of hydrogen-bond acceptors (Lipinski definition) is 2. The van der Waals surface area contributed by atoms with Gasteiger partial charge in [0.2, 0.25) is 0 Å². The Balaban J connectivity index is 2.36. The van der Waals surface area contributed by atoms with E-state index in [0.717, 1.165) is 17.4 Å². The smallest absolute Gasteiger partial charge is 0.160 e. The van der Waals surface area contributed by atoms with Crippen molar-refractivity contribution in [2.45, 2.75) is 25.7 Å². The molecular formula is C10H11N3. The number of pyridine rings is 1. The lowest BCUT2D eigenvalue weighted by Crippen LogP contribution is -1.96. The molecule has 0 aliphatic heterocycles. The number of hydrogen-bond donors (Lipinski definition) is 0. The molecule has 1 fully saturated rings. The monoisotopic (exact) mass is 173 g/mol. The van der Waals surface area contributed by atoms with Gasteiger partial charge >= 0.3 is 0 Å². The van der Waals surface area contributed by atoms with Crippen molar-refractivity contribution < 1.29 is 0 Å². The first kappa shape index (κ1) is 7.06. The van der Waals surface area contributed by atoms with Crippen molar-refractivity contribution in [3.8, 4) is 0 Å². The molecule has 1 aliphatic rings. The Morgan fingerprint density at radius 3 is 2.92 bits per heavy atom. The summed E-state index contributed by atoms with van der Waals surface area (Å²) in [4.78, 5) is 0. The Labute approximate surface area is 76.4 Å².